The molecule has 1 aliphatic heterocycles. The minimum absolute atomic E-state index is 0.218. The van der Waals surface area contributed by atoms with Crippen LogP contribution < -0.4 is 0 Å². The van der Waals surface area contributed by atoms with Gasteiger partial charge in [-0.25, -0.2) is 0 Å². The van der Waals surface area contributed by atoms with Gasteiger partial charge in [-0.3, -0.25) is 0 Å². The van der Waals surface area contributed by atoms with E-state index in [1.54, 1.807) is 0 Å². The Hall–Kier alpha value is 1.02. The summed E-state index contributed by atoms with van der Waals surface area (Å²) < 4.78 is 6.19. The number of ether oxygens (including phenoxy) is 1. The third-order valence-electron chi connectivity index (χ3n) is 1.67. The molecule has 0 bridgehead atoms. The molecule has 1 aliphatic rings. The third-order valence-corrected chi connectivity index (χ3v) is 3.93. The number of hydrogen-bond acceptors (Lipinski definition) is 1. The molecule has 0 unspecified atom stereocenters. The summed E-state index contributed by atoms with van der Waals surface area (Å²) in [6, 6.07) is 0. The molecule has 3 heteroatoms. The van der Waals surface area contributed by atoms with Crippen molar-refractivity contribution in [3.05, 3.63) is 0 Å². The summed E-state index contributed by atoms with van der Waals surface area (Å²) >= 11 is -0.218. The predicted octanol–water partition coefficient (Wildman–Crippen LogP) is 3.11. The molecule has 0 aromatic carbocycles. The highest BCUT2D eigenvalue weighted by molar-refractivity contribution is 6.93. The zero-order chi connectivity index (χ0) is 9.45. The Morgan fingerprint density at radius 2 is 1.75 bits per heavy atom. The molecule has 1 nitrogen and oxygen atoms in total. The van der Waals surface area contributed by atoms with Gasteiger partial charge in [0.05, 0.1) is 0 Å². The lowest BCUT2D eigenvalue weighted by Crippen LogP contribution is -2.04. The fraction of sp³-hybridized carbons (Fsp3) is 1.00. The Balaban J connectivity index is 0.000000211. The minimum atomic E-state index is -0.218. The van der Waals surface area contributed by atoms with Gasteiger partial charge in [0.1, 0.15) is 0 Å². The summed E-state index contributed by atoms with van der Waals surface area (Å²) in [7, 11) is 5.63. The van der Waals surface area contributed by atoms with Gasteiger partial charge in [0.15, 0.2) is 0 Å². The zero-order valence-corrected chi connectivity index (χ0v) is 10.7. The molecule has 0 atom stereocenters. The van der Waals surface area contributed by atoms with Gasteiger partial charge < -0.3 is 13.8 Å². The van der Waals surface area contributed by atoms with E-state index >= 15 is 0 Å². The summed E-state index contributed by atoms with van der Waals surface area (Å²) in [6.07, 6.45) is 2.56. The van der Waals surface area contributed by atoms with Gasteiger partial charge in [0.2, 0.25) is 0 Å². The van der Waals surface area contributed by atoms with Gasteiger partial charge in [-0.1, -0.05) is 26.2 Å². The van der Waals surface area contributed by atoms with E-state index in [4.69, 9.17) is 13.8 Å². The second-order valence-corrected chi connectivity index (χ2v) is 6.33. The van der Waals surface area contributed by atoms with E-state index in [0.717, 1.165) is 13.2 Å². The minimum Gasteiger partial charge on any atom is -0.381 e. The van der Waals surface area contributed by atoms with E-state index in [0.29, 0.717) is 5.41 Å². The van der Waals surface area contributed by atoms with E-state index in [1.807, 2.05) is 0 Å². The maximum absolute atomic E-state index is 5.63. The maximum Gasteiger partial charge on any atom is 0.501 e. The molecule has 70 valence electrons. The number of halogens is 1. The van der Waals surface area contributed by atoms with Gasteiger partial charge in [0, 0.05) is 13.2 Å². The van der Waals surface area contributed by atoms with Gasteiger partial charge in [0.25, 0.3) is 0 Å². The Morgan fingerprint density at radius 1 is 1.25 bits per heavy atom. The lowest BCUT2D eigenvalue weighted by molar-refractivity contribution is 0.198. The number of rotatable bonds is 1. The second kappa shape index (κ2) is 7.42. The van der Waals surface area contributed by atoms with Crippen LogP contribution in [-0.2, 0) is 4.74 Å². The molecule has 1 heterocycles. The third kappa shape index (κ3) is 11.0. The zero-order valence-electron chi connectivity index (χ0n) is 8.53. The molecule has 0 spiro atoms. The summed E-state index contributed by atoms with van der Waals surface area (Å²) in [5.41, 5.74) is 0.480. The van der Waals surface area contributed by atoms with E-state index in [-0.39, 0.29) is 19.3 Å². The molecule has 0 saturated carbocycles. The first-order valence-corrected chi connectivity index (χ1v) is 7.84. The molecule has 0 amide bonds. The highest BCUT2D eigenvalue weighted by Crippen LogP contribution is 2.18. The molecule has 0 radical (unpaired) electrons. The first-order chi connectivity index (χ1) is 5.56. The van der Waals surface area contributed by atoms with Crippen molar-refractivity contribution in [3.63, 3.8) is 0 Å². The van der Waals surface area contributed by atoms with Crippen molar-refractivity contribution in [2.75, 3.05) is 13.2 Å². The Kier molecular flexibility index (Phi) is 8.05. The maximum atomic E-state index is 5.63. The van der Waals surface area contributed by atoms with Crippen LogP contribution in [0.25, 0.3) is 0 Å². The first-order valence-electron chi connectivity index (χ1n) is 4.70. The molecular weight excluding hydrogens is 184 g/mol. The first kappa shape index (κ1) is 13.0. The molecule has 0 N–H and O–H groups in total. The second-order valence-electron chi connectivity index (χ2n) is 4.32. The Labute approximate surface area is 89.7 Å². The molecule has 0 aromatic rings. The van der Waals surface area contributed by atoms with Crippen LogP contribution in [-0.4, -0.2) is 32.5 Å². The fourth-order valence-corrected chi connectivity index (χ4v) is 3.06. The SMILES string of the molecule is C1CCOC1.CC(C)(C)[CH2][Mg][Cl]. The lowest BCUT2D eigenvalue weighted by Gasteiger charge is -2.14. The van der Waals surface area contributed by atoms with Crippen molar-refractivity contribution in [2.45, 2.75) is 38.2 Å². The molecule has 1 rings (SSSR count). The highest BCUT2D eigenvalue weighted by Gasteiger charge is 2.09. The van der Waals surface area contributed by atoms with Crippen molar-refractivity contribution in [3.8, 4) is 0 Å². The van der Waals surface area contributed by atoms with Crippen molar-refractivity contribution in [1.82, 2.24) is 0 Å². The number of hydrogen-bond donors (Lipinski definition) is 0. The van der Waals surface area contributed by atoms with Crippen LogP contribution in [0.1, 0.15) is 33.6 Å². The molecule has 1 fully saturated rings. The van der Waals surface area contributed by atoms with Crippen LogP contribution in [0.5, 0.6) is 0 Å². The van der Waals surface area contributed by atoms with E-state index in [2.05, 4.69) is 20.8 Å². The molecule has 0 aromatic heterocycles. The quantitative estimate of drug-likeness (QED) is 0.595. The smallest absolute Gasteiger partial charge is 0.381 e. The summed E-state index contributed by atoms with van der Waals surface area (Å²) in [4.78, 5) is 0. The summed E-state index contributed by atoms with van der Waals surface area (Å²) in [5, 5.41) is 0. The van der Waals surface area contributed by atoms with Crippen LogP contribution in [0.2, 0.25) is 4.55 Å². The van der Waals surface area contributed by atoms with Crippen molar-refractivity contribution < 1.29 is 4.74 Å². The average molecular weight is 203 g/mol. The topological polar surface area (TPSA) is 9.23 Å². The van der Waals surface area contributed by atoms with Crippen LogP contribution in [0, 0.1) is 5.41 Å². The lowest BCUT2D eigenvalue weighted by atomic mass is 10.0. The predicted molar refractivity (Wildman–Crippen MR) is 55.9 cm³/mol. The van der Waals surface area contributed by atoms with E-state index in [9.17, 15) is 0 Å². The van der Waals surface area contributed by atoms with Crippen LogP contribution in [0.4, 0.5) is 0 Å². The van der Waals surface area contributed by atoms with Gasteiger partial charge >= 0.3 is 19.3 Å². The Bertz CT molecular complexity index is 89.6. The molecule has 12 heavy (non-hydrogen) atoms. The fourth-order valence-electron chi connectivity index (χ4n) is 0.794. The summed E-state index contributed by atoms with van der Waals surface area (Å²) in [5.74, 6) is 0. The average Bonchev–Trinajstić information content (AvgIpc) is 2.38. The molecule has 1 saturated heterocycles. The van der Waals surface area contributed by atoms with Gasteiger partial charge in [-0.2, -0.15) is 0 Å². The largest absolute Gasteiger partial charge is 0.501 e. The van der Waals surface area contributed by atoms with Gasteiger partial charge in [-0.05, 0) is 12.8 Å². The molecule has 0 aliphatic carbocycles. The van der Waals surface area contributed by atoms with Crippen LogP contribution in [0.3, 0.4) is 0 Å². The Morgan fingerprint density at radius 3 is 1.83 bits per heavy atom. The van der Waals surface area contributed by atoms with Crippen molar-refractivity contribution >= 4 is 28.3 Å². The van der Waals surface area contributed by atoms with E-state index in [1.165, 1.54) is 17.4 Å². The van der Waals surface area contributed by atoms with Crippen LogP contribution in [0.15, 0.2) is 0 Å². The van der Waals surface area contributed by atoms with Crippen molar-refractivity contribution in [2.24, 2.45) is 5.41 Å². The van der Waals surface area contributed by atoms with Gasteiger partial charge in [-0.15, -0.1) is 4.55 Å². The van der Waals surface area contributed by atoms with Crippen molar-refractivity contribution in [1.29, 1.82) is 0 Å². The monoisotopic (exact) mass is 202 g/mol. The normalized spacial score (nSPS) is 16.3. The standard InChI is InChI=1S/C5H11.C4H8O.ClH.Mg/c1-5(2,3)4;1-2-4-5-3-1;;/h1H2,2-4H3;1-4H2;1H;/q;;;+1/p-1. The van der Waals surface area contributed by atoms with E-state index < -0.39 is 0 Å². The summed E-state index contributed by atoms with van der Waals surface area (Å²) in [6.45, 7) is 8.67. The molecular formula is C9H19ClMgO. The van der Waals surface area contributed by atoms with Crippen LogP contribution >= 0.6 is 9.07 Å². The highest BCUT2D eigenvalue weighted by atomic mass is 35.5.